The highest BCUT2D eigenvalue weighted by Gasteiger charge is 2.42. The highest BCUT2D eigenvalue weighted by atomic mass is 19.1. The van der Waals surface area contributed by atoms with Gasteiger partial charge in [0.15, 0.2) is 0 Å². The van der Waals surface area contributed by atoms with Gasteiger partial charge < -0.3 is 9.88 Å². The average molecular weight is 497 g/mol. The molecule has 1 N–H and O–H groups in total. The number of pyridine rings is 1. The van der Waals surface area contributed by atoms with Crippen LogP contribution < -0.4 is 5.32 Å². The summed E-state index contributed by atoms with van der Waals surface area (Å²) in [5, 5.41) is 12.1. The van der Waals surface area contributed by atoms with Crippen LogP contribution in [0.2, 0.25) is 0 Å². The van der Waals surface area contributed by atoms with Crippen LogP contribution in [0.15, 0.2) is 18.2 Å². The molecule has 5 rings (SSSR count). The molecular formula is C28H41FN6O. The van der Waals surface area contributed by atoms with Crippen LogP contribution in [0.25, 0.3) is 0 Å². The van der Waals surface area contributed by atoms with Crippen LogP contribution in [0.3, 0.4) is 0 Å². The standard InChI is InChI=1S/C28H41FN6O/c1-18(2)27-33-32-19(3)35(27)23-16-21-12-13-22(17-23)34(21)15-14-25(24-10-7-11-26(29)30-24)31-28(36)20-8-5-4-6-9-20/h7,10-11,18,20-23,25H,4-6,8-9,12-17H2,1-3H3,(H,31,36)/t21-,22-,25-/m0/s1. The first-order chi connectivity index (χ1) is 17.4. The van der Waals surface area contributed by atoms with E-state index in [9.17, 15) is 9.18 Å². The van der Waals surface area contributed by atoms with Crippen molar-refractivity contribution in [1.29, 1.82) is 0 Å². The Labute approximate surface area is 214 Å². The van der Waals surface area contributed by atoms with Crippen LogP contribution in [0.5, 0.6) is 0 Å². The van der Waals surface area contributed by atoms with E-state index in [-0.39, 0.29) is 17.9 Å². The van der Waals surface area contributed by atoms with Crippen molar-refractivity contribution in [1.82, 2.24) is 30.0 Å². The summed E-state index contributed by atoms with van der Waals surface area (Å²) in [5.74, 6) is 2.15. The molecule has 4 heterocycles. The van der Waals surface area contributed by atoms with Crippen molar-refractivity contribution in [3.05, 3.63) is 41.5 Å². The quantitative estimate of drug-likeness (QED) is 0.506. The van der Waals surface area contributed by atoms with Crippen LogP contribution in [-0.4, -0.2) is 49.2 Å². The fourth-order valence-electron chi connectivity index (χ4n) is 6.90. The molecule has 0 aromatic carbocycles. The Morgan fingerprint density at radius 2 is 1.78 bits per heavy atom. The van der Waals surface area contributed by atoms with Gasteiger partial charge in [-0.25, -0.2) is 4.98 Å². The van der Waals surface area contributed by atoms with E-state index in [1.807, 2.05) is 6.07 Å². The molecule has 196 valence electrons. The van der Waals surface area contributed by atoms with E-state index in [2.05, 4.69) is 50.7 Å². The topological polar surface area (TPSA) is 75.9 Å². The summed E-state index contributed by atoms with van der Waals surface area (Å²) in [5.41, 5.74) is 0.628. The molecule has 1 saturated carbocycles. The Morgan fingerprint density at radius 1 is 1.06 bits per heavy atom. The second-order valence-electron chi connectivity index (χ2n) is 11.4. The van der Waals surface area contributed by atoms with Gasteiger partial charge in [0, 0.05) is 36.5 Å². The Kier molecular flexibility index (Phi) is 7.70. The molecule has 3 atom stereocenters. The first-order valence-corrected chi connectivity index (χ1v) is 14.0. The van der Waals surface area contributed by atoms with Gasteiger partial charge in [-0.3, -0.25) is 9.69 Å². The number of rotatable bonds is 8. The maximum absolute atomic E-state index is 14.0. The molecule has 0 radical (unpaired) electrons. The maximum Gasteiger partial charge on any atom is 0.223 e. The third-order valence-electron chi connectivity index (χ3n) is 8.70. The van der Waals surface area contributed by atoms with Gasteiger partial charge in [-0.15, -0.1) is 10.2 Å². The van der Waals surface area contributed by atoms with Crippen molar-refractivity contribution in [2.24, 2.45) is 5.92 Å². The number of halogens is 1. The number of nitrogens with one attached hydrogen (secondary N) is 1. The Hall–Kier alpha value is -2.35. The van der Waals surface area contributed by atoms with Crippen LogP contribution in [0, 0.1) is 18.8 Å². The van der Waals surface area contributed by atoms with E-state index in [0.29, 0.717) is 29.7 Å². The maximum atomic E-state index is 14.0. The molecule has 0 unspecified atom stereocenters. The van der Waals surface area contributed by atoms with Gasteiger partial charge in [-0.05, 0) is 64.0 Å². The number of nitrogens with zero attached hydrogens (tertiary/aromatic N) is 5. The van der Waals surface area contributed by atoms with Crippen LogP contribution in [-0.2, 0) is 4.79 Å². The fourth-order valence-corrected chi connectivity index (χ4v) is 6.90. The number of piperidine rings is 1. The van der Waals surface area contributed by atoms with E-state index >= 15 is 0 Å². The SMILES string of the molecule is Cc1nnc(C(C)C)n1C1C[C@@H]2CC[C@@H](C1)N2CC[C@H](NC(=O)C1CCCCC1)c1cccc(F)n1. The number of aromatic nitrogens is 4. The molecule has 0 spiro atoms. The molecule has 2 bridgehead atoms. The number of hydrogen-bond donors (Lipinski definition) is 1. The highest BCUT2D eigenvalue weighted by Crippen LogP contribution is 2.42. The van der Waals surface area contributed by atoms with Crippen molar-refractivity contribution in [3.8, 4) is 0 Å². The summed E-state index contributed by atoms with van der Waals surface area (Å²) in [6.07, 6.45) is 10.7. The predicted octanol–water partition coefficient (Wildman–Crippen LogP) is 5.24. The minimum atomic E-state index is -0.490. The first-order valence-electron chi connectivity index (χ1n) is 14.0. The van der Waals surface area contributed by atoms with E-state index in [0.717, 1.165) is 63.1 Å². The number of hydrogen-bond acceptors (Lipinski definition) is 5. The summed E-state index contributed by atoms with van der Waals surface area (Å²) in [6, 6.07) is 6.12. The van der Waals surface area contributed by atoms with Crippen molar-refractivity contribution >= 4 is 5.91 Å². The lowest BCUT2D eigenvalue weighted by atomic mass is 9.88. The number of fused-ring (bicyclic) bond motifs is 2. The lowest BCUT2D eigenvalue weighted by Crippen LogP contribution is -2.45. The van der Waals surface area contributed by atoms with E-state index < -0.39 is 5.95 Å². The minimum Gasteiger partial charge on any atom is -0.347 e. The fraction of sp³-hybridized carbons (Fsp3) is 0.714. The molecule has 3 fully saturated rings. The number of carbonyl (C=O) groups is 1. The Balaban J connectivity index is 1.27. The van der Waals surface area contributed by atoms with Crippen molar-refractivity contribution in [2.45, 2.75) is 115 Å². The van der Waals surface area contributed by atoms with E-state index in [1.165, 1.54) is 25.3 Å². The summed E-state index contributed by atoms with van der Waals surface area (Å²) in [6.45, 7) is 7.32. The molecule has 2 aromatic rings. The molecule has 1 aliphatic carbocycles. The number of aryl methyl sites for hydroxylation is 1. The zero-order chi connectivity index (χ0) is 25.2. The van der Waals surface area contributed by atoms with Gasteiger partial charge in [0.2, 0.25) is 11.9 Å². The lowest BCUT2D eigenvalue weighted by molar-refractivity contribution is -0.126. The molecule has 36 heavy (non-hydrogen) atoms. The van der Waals surface area contributed by atoms with Gasteiger partial charge in [-0.2, -0.15) is 4.39 Å². The second-order valence-corrected chi connectivity index (χ2v) is 11.4. The average Bonchev–Trinajstić information content (AvgIpc) is 3.37. The van der Waals surface area contributed by atoms with E-state index in [1.54, 1.807) is 6.07 Å². The number of amides is 1. The molecular weight excluding hydrogens is 455 g/mol. The monoisotopic (exact) mass is 496 g/mol. The third-order valence-corrected chi connectivity index (χ3v) is 8.70. The normalized spacial score (nSPS) is 25.9. The van der Waals surface area contributed by atoms with Crippen LogP contribution in [0.1, 0.15) is 113 Å². The largest absolute Gasteiger partial charge is 0.347 e. The first kappa shape index (κ1) is 25.3. The summed E-state index contributed by atoms with van der Waals surface area (Å²) < 4.78 is 16.4. The third kappa shape index (κ3) is 5.34. The molecule has 2 saturated heterocycles. The molecule has 2 aromatic heterocycles. The zero-order valence-electron chi connectivity index (χ0n) is 22.0. The van der Waals surface area contributed by atoms with Crippen molar-refractivity contribution < 1.29 is 9.18 Å². The predicted molar refractivity (Wildman–Crippen MR) is 137 cm³/mol. The van der Waals surface area contributed by atoms with Crippen molar-refractivity contribution in [2.75, 3.05) is 6.54 Å². The van der Waals surface area contributed by atoms with Gasteiger partial charge >= 0.3 is 0 Å². The van der Waals surface area contributed by atoms with Crippen molar-refractivity contribution in [3.63, 3.8) is 0 Å². The zero-order valence-corrected chi connectivity index (χ0v) is 22.0. The Bertz CT molecular complexity index is 1030. The molecule has 3 aliphatic rings. The van der Waals surface area contributed by atoms with Gasteiger partial charge in [0.05, 0.1) is 11.7 Å². The van der Waals surface area contributed by atoms with E-state index in [4.69, 9.17) is 0 Å². The summed E-state index contributed by atoms with van der Waals surface area (Å²) in [4.78, 5) is 19.9. The van der Waals surface area contributed by atoms with Gasteiger partial charge in [0.1, 0.15) is 11.6 Å². The van der Waals surface area contributed by atoms with Crippen LogP contribution in [0.4, 0.5) is 4.39 Å². The lowest BCUT2D eigenvalue weighted by Gasteiger charge is -2.40. The molecule has 1 amide bonds. The molecule has 8 heteroatoms. The highest BCUT2D eigenvalue weighted by molar-refractivity contribution is 5.79. The number of carbonyl (C=O) groups excluding carboxylic acids is 1. The van der Waals surface area contributed by atoms with Crippen LogP contribution >= 0.6 is 0 Å². The molecule has 2 aliphatic heterocycles. The summed E-state index contributed by atoms with van der Waals surface area (Å²) >= 11 is 0. The smallest absolute Gasteiger partial charge is 0.223 e. The minimum absolute atomic E-state index is 0.0731. The Morgan fingerprint density at radius 3 is 2.44 bits per heavy atom. The second kappa shape index (κ2) is 11.0. The van der Waals surface area contributed by atoms with Gasteiger partial charge in [-0.1, -0.05) is 39.2 Å². The summed E-state index contributed by atoms with van der Waals surface area (Å²) in [7, 11) is 0. The molecule has 7 nitrogen and oxygen atoms in total. The van der Waals surface area contributed by atoms with Gasteiger partial charge in [0.25, 0.3) is 0 Å².